The normalized spacial score (nSPS) is 19.8. The van der Waals surface area contributed by atoms with Crippen molar-refractivity contribution in [1.82, 2.24) is 10.6 Å². The van der Waals surface area contributed by atoms with Crippen molar-refractivity contribution in [2.75, 3.05) is 20.3 Å². The molecule has 35 heavy (non-hydrogen) atoms. The van der Waals surface area contributed by atoms with Gasteiger partial charge in [0.25, 0.3) is 0 Å². The molecule has 4 rings (SSSR count). The summed E-state index contributed by atoms with van der Waals surface area (Å²) in [4.78, 5) is 36.5. The van der Waals surface area contributed by atoms with Crippen LogP contribution in [0.2, 0.25) is 0 Å². The number of carboxylic acid groups (broad SMARTS) is 1. The Kier molecular flexibility index (Phi) is 8.02. The van der Waals surface area contributed by atoms with E-state index in [0.717, 1.165) is 36.8 Å². The van der Waals surface area contributed by atoms with Crippen LogP contribution in [0.15, 0.2) is 48.5 Å². The van der Waals surface area contributed by atoms with Crippen LogP contribution in [0.3, 0.4) is 0 Å². The fourth-order valence-electron chi connectivity index (χ4n) is 5.27. The smallest absolute Gasteiger partial charge is 0.407 e. The second-order valence-electron chi connectivity index (χ2n) is 9.24. The summed E-state index contributed by atoms with van der Waals surface area (Å²) in [7, 11) is 1.39. The number of aliphatic carboxylic acids is 1. The van der Waals surface area contributed by atoms with Gasteiger partial charge < -0.3 is 25.2 Å². The number of fused-ring (bicyclic) bond motifs is 3. The monoisotopic (exact) mass is 480 g/mol. The van der Waals surface area contributed by atoms with Gasteiger partial charge in [0, 0.05) is 25.5 Å². The molecule has 0 aliphatic heterocycles. The van der Waals surface area contributed by atoms with Crippen LogP contribution in [0, 0.1) is 5.92 Å². The van der Waals surface area contributed by atoms with Crippen molar-refractivity contribution in [1.29, 1.82) is 0 Å². The van der Waals surface area contributed by atoms with Crippen LogP contribution in [-0.2, 0) is 19.1 Å². The van der Waals surface area contributed by atoms with Gasteiger partial charge in [-0.3, -0.25) is 4.79 Å². The topological polar surface area (TPSA) is 114 Å². The van der Waals surface area contributed by atoms with Crippen LogP contribution in [0.1, 0.15) is 49.1 Å². The average Bonchev–Trinajstić information content (AvgIpc) is 3.17. The number of alkyl carbamates (subject to hydrolysis) is 1. The fraction of sp³-hybridized carbons (Fsp3) is 0.444. The molecule has 186 valence electrons. The Morgan fingerprint density at radius 1 is 1.00 bits per heavy atom. The molecule has 0 aromatic heterocycles. The van der Waals surface area contributed by atoms with Gasteiger partial charge in [0.15, 0.2) is 6.04 Å². The van der Waals surface area contributed by atoms with Crippen LogP contribution in [0.4, 0.5) is 4.79 Å². The van der Waals surface area contributed by atoms with Crippen molar-refractivity contribution in [2.45, 2.75) is 50.1 Å². The second kappa shape index (κ2) is 11.4. The lowest BCUT2D eigenvalue weighted by Gasteiger charge is -2.32. The molecule has 2 amide bonds. The fourth-order valence-corrected chi connectivity index (χ4v) is 5.27. The Bertz CT molecular complexity index is 1030. The molecule has 1 fully saturated rings. The predicted molar refractivity (Wildman–Crippen MR) is 130 cm³/mol. The third-order valence-electron chi connectivity index (χ3n) is 6.97. The molecular weight excluding hydrogens is 448 g/mol. The highest BCUT2D eigenvalue weighted by molar-refractivity contribution is 5.84. The van der Waals surface area contributed by atoms with Gasteiger partial charge in [-0.1, -0.05) is 61.4 Å². The molecule has 0 spiro atoms. The van der Waals surface area contributed by atoms with Crippen molar-refractivity contribution in [3.05, 3.63) is 59.7 Å². The maximum Gasteiger partial charge on any atom is 0.407 e. The number of hydrogen-bond donors (Lipinski definition) is 3. The van der Waals surface area contributed by atoms with E-state index in [-0.39, 0.29) is 43.4 Å². The number of rotatable bonds is 9. The Morgan fingerprint density at radius 3 is 2.26 bits per heavy atom. The minimum Gasteiger partial charge on any atom is -0.480 e. The first kappa shape index (κ1) is 24.7. The van der Waals surface area contributed by atoms with Gasteiger partial charge >= 0.3 is 12.1 Å². The molecule has 8 heteroatoms. The molecule has 0 saturated heterocycles. The van der Waals surface area contributed by atoms with Crippen molar-refractivity contribution < 1.29 is 29.0 Å². The molecule has 0 radical (unpaired) electrons. The summed E-state index contributed by atoms with van der Waals surface area (Å²) in [5.41, 5.74) is 4.64. The van der Waals surface area contributed by atoms with Crippen molar-refractivity contribution >= 4 is 18.0 Å². The molecule has 0 bridgehead atoms. The molecule has 8 nitrogen and oxygen atoms in total. The zero-order valence-electron chi connectivity index (χ0n) is 19.9. The number of carbonyl (C=O) groups is 3. The van der Waals surface area contributed by atoms with Crippen molar-refractivity contribution in [3.63, 3.8) is 0 Å². The Hall–Kier alpha value is -3.39. The highest BCUT2D eigenvalue weighted by atomic mass is 16.5. The lowest BCUT2D eigenvalue weighted by Crippen LogP contribution is -2.47. The van der Waals surface area contributed by atoms with Crippen LogP contribution >= 0.6 is 0 Å². The maximum atomic E-state index is 12.7. The Morgan fingerprint density at radius 2 is 1.63 bits per heavy atom. The van der Waals surface area contributed by atoms with Gasteiger partial charge in [0.05, 0.1) is 6.61 Å². The maximum absolute atomic E-state index is 12.7. The van der Waals surface area contributed by atoms with E-state index in [2.05, 4.69) is 34.9 Å². The SMILES string of the molecule is COC[C@H](NC(=O)C[C@H]1CCCC[C@H]1NC(=O)OCC1c2ccccc2-c2ccccc21)C(=O)O. The summed E-state index contributed by atoms with van der Waals surface area (Å²) < 4.78 is 10.6. The first-order chi connectivity index (χ1) is 17.0. The minimum absolute atomic E-state index is 0.0187. The van der Waals surface area contributed by atoms with Crippen molar-refractivity contribution in [2.24, 2.45) is 5.92 Å². The summed E-state index contributed by atoms with van der Waals surface area (Å²) >= 11 is 0. The highest BCUT2D eigenvalue weighted by Gasteiger charge is 2.32. The number of ether oxygens (including phenoxy) is 2. The molecule has 2 aromatic rings. The molecule has 2 aliphatic rings. The summed E-state index contributed by atoms with van der Waals surface area (Å²) in [5.74, 6) is -1.60. The first-order valence-corrected chi connectivity index (χ1v) is 12.1. The summed E-state index contributed by atoms with van der Waals surface area (Å²) in [6.45, 7) is 0.127. The average molecular weight is 481 g/mol. The largest absolute Gasteiger partial charge is 0.480 e. The van der Waals surface area contributed by atoms with Crippen molar-refractivity contribution in [3.8, 4) is 11.1 Å². The minimum atomic E-state index is -1.14. The lowest BCUT2D eigenvalue weighted by molar-refractivity contribution is -0.143. The van der Waals surface area contributed by atoms with E-state index in [1.807, 2.05) is 24.3 Å². The van der Waals surface area contributed by atoms with E-state index >= 15 is 0 Å². The van der Waals surface area contributed by atoms with E-state index in [1.165, 1.54) is 18.2 Å². The van der Waals surface area contributed by atoms with Gasteiger partial charge in [-0.15, -0.1) is 0 Å². The predicted octanol–water partition coefficient (Wildman–Crippen LogP) is 3.69. The Labute approximate surface area is 205 Å². The molecule has 0 heterocycles. The van der Waals surface area contributed by atoms with Gasteiger partial charge in [0.1, 0.15) is 6.61 Å². The molecular formula is C27H32N2O6. The van der Waals surface area contributed by atoms with Crippen LogP contribution in [0.25, 0.3) is 11.1 Å². The van der Waals surface area contributed by atoms with E-state index in [4.69, 9.17) is 9.47 Å². The Balaban J connectivity index is 1.34. The number of benzene rings is 2. The van der Waals surface area contributed by atoms with Gasteiger partial charge in [0.2, 0.25) is 5.91 Å². The van der Waals surface area contributed by atoms with E-state index < -0.39 is 18.1 Å². The standard InChI is InChI=1S/C27H32N2O6/c1-34-16-24(26(31)32)28-25(30)14-17-8-2-7-13-23(17)29-27(33)35-15-22-20-11-5-3-9-18(20)19-10-4-6-12-21(19)22/h3-6,9-12,17,22-24H,2,7-8,13-16H2,1H3,(H,28,30)(H,29,33)(H,31,32)/t17-,23-,24+/m1/s1. The molecule has 2 aromatic carbocycles. The summed E-state index contributed by atoms with van der Waals surface area (Å²) in [5, 5.41) is 14.7. The number of carbonyl (C=O) groups excluding carboxylic acids is 2. The first-order valence-electron chi connectivity index (χ1n) is 12.1. The van der Waals surface area contributed by atoms with Crippen LogP contribution < -0.4 is 10.6 Å². The number of hydrogen-bond acceptors (Lipinski definition) is 5. The zero-order chi connectivity index (χ0) is 24.8. The van der Waals surface area contributed by atoms with Gasteiger partial charge in [-0.25, -0.2) is 9.59 Å². The number of methoxy groups -OCH3 is 1. The number of nitrogens with one attached hydrogen (secondary N) is 2. The van der Waals surface area contributed by atoms with Crippen LogP contribution in [0.5, 0.6) is 0 Å². The molecule has 2 aliphatic carbocycles. The third-order valence-corrected chi connectivity index (χ3v) is 6.97. The van der Waals surface area contributed by atoms with Gasteiger partial charge in [-0.2, -0.15) is 0 Å². The second-order valence-corrected chi connectivity index (χ2v) is 9.24. The number of amides is 2. The summed E-state index contributed by atoms with van der Waals surface area (Å²) in [6.07, 6.45) is 3.09. The lowest BCUT2D eigenvalue weighted by atomic mass is 9.82. The van der Waals surface area contributed by atoms with E-state index in [0.29, 0.717) is 0 Å². The molecule has 3 N–H and O–H groups in total. The zero-order valence-corrected chi connectivity index (χ0v) is 19.9. The quantitative estimate of drug-likeness (QED) is 0.504. The summed E-state index contributed by atoms with van der Waals surface area (Å²) in [6, 6.07) is 15.1. The highest BCUT2D eigenvalue weighted by Crippen LogP contribution is 2.44. The van der Waals surface area contributed by atoms with E-state index in [1.54, 1.807) is 0 Å². The molecule has 0 unspecified atom stereocenters. The van der Waals surface area contributed by atoms with Crippen LogP contribution in [-0.4, -0.2) is 55.5 Å². The van der Waals surface area contributed by atoms with E-state index in [9.17, 15) is 19.5 Å². The third kappa shape index (κ3) is 5.82. The molecule has 3 atom stereocenters. The van der Waals surface area contributed by atoms with Gasteiger partial charge in [-0.05, 0) is 41.0 Å². The number of carboxylic acids is 1. The molecule has 1 saturated carbocycles.